The van der Waals surface area contributed by atoms with E-state index in [9.17, 15) is 19.2 Å². The molecule has 1 aliphatic heterocycles. The Hall–Kier alpha value is -2.70. The summed E-state index contributed by atoms with van der Waals surface area (Å²) in [6.45, 7) is 14.4. The molecule has 0 unspecified atom stereocenters. The molecule has 1 aromatic carbocycles. The molecule has 1 aliphatic rings. The number of amides is 5. The Kier molecular flexibility index (Phi) is 7.06. The third-order valence-electron chi connectivity index (χ3n) is 5.24. The first-order valence-corrected chi connectivity index (χ1v) is 10.4. The van der Waals surface area contributed by atoms with E-state index in [-0.39, 0.29) is 17.9 Å². The van der Waals surface area contributed by atoms with E-state index in [4.69, 9.17) is 0 Å². The Morgan fingerprint density at radius 1 is 1.00 bits per heavy atom. The number of benzene rings is 1. The summed E-state index contributed by atoms with van der Waals surface area (Å²) in [5, 5.41) is 2.75. The molecule has 0 saturated carbocycles. The summed E-state index contributed by atoms with van der Waals surface area (Å²) >= 11 is 0. The molecule has 5 amide bonds. The summed E-state index contributed by atoms with van der Waals surface area (Å²) in [5.74, 6) is -2.24. The van der Waals surface area contributed by atoms with Gasteiger partial charge in [0.05, 0.1) is 0 Å². The summed E-state index contributed by atoms with van der Waals surface area (Å²) in [4.78, 5) is 50.3. The van der Waals surface area contributed by atoms with Crippen molar-refractivity contribution in [3.63, 3.8) is 0 Å². The Labute approximate surface area is 178 Å². The first kappa shape index (κ1) is 23.6. The van der Waals surface area contributed by atoms with Crippen molar-refractivity contribution >= 4 is 23.8 Å². The number of nitrogens with one attached hydrogen (secondary N) is 1. The van der Waals surface area contributed by atoms with Crippen LogP contribution in [0.25, 0.3) is 0 Å². The van der Waals surface area contributed by atoms with Crippen LogP contribution in [0.5, 0.6) is 0 Å². The van der Waals surface area contributed by atoms with E-state index in [1.54, 1.807) is 0 Å². The van der Waals surface area contributed by atoms with Crippen molar-refractivity contribution in [2.75, 3.05) is 19.6 Å². The standard InChI is InChI=1S/C23H33N3O4/c1-14(2)12-25-20(28)21(29)26(22(25)30)13-19(27)24-9-8-18-15(3)10-17(11-16(18)4)23(5,6)7/h10-11,14H,8-9,12-13H2,1-7H3,(H,24,27). The molecular weight excluding hydrogens is 382 g/mol. The third kappa shape index (κ3) is 5.26. The number of rotatable bonds is 7. The number of carbonyl (C=O) groups is 4. The number of hydrogen-bond acceptors (Lipinski definition) is 4. The van der Waals surface area contributed by atoms with Crippen LogP contribution in [-0.2, 0) is 26.2 Å². The number of aryl methyl sites for hydroxylation is 2. The summed E-state index contributed by atoms with van der Waals surface area (Å²) in [5.41, 5.74) is 4.86. The molecule has 7 nitrogen and oxygen atoms in total. The van der Waals surface area contributed by atoms with Gasteiger partial charge >= 0.3 is 17.8 Å². The van der Waals surface area contributed by atoms with Crippen LogP contribution in [0.3, 0.4) is 0 Å². The highest BCUT2D eigenvalue weighted by molar-refractivity contribution is 6.45. The summed E-state index contributed by atoms with van der Waals surface area (Å²) in [6, 6.07) is 3.64. The van der Waals surface area contributed by atoms with Gasteiger partial charge in [-0.15, -0.1) is 0 Å². The maximum absolute atomic E-state index is 12.3. The SMILES string of the molecule is Cc1cc(C(C)(C)C)cc(C)c1CCNC(=O)CN1C(=O)C(=O)N(CC(C)C)C1=O. The van der Waals surface area contributed by atoms with Crippen molar-refractivity contribution in [1.82, 2.24) is 15.1 Å². The van der Waals surface area contributed by atoms with Gasteiger partial charge < -0.3 is 5.32 Å². The monoisotopic (exact) mass is 415 g/mol. The van der Waals surface area contributed by atoms with Gasteiger partial charge in [0, 0.05) is 13.1 Å². The molecule has 0 spiro atoms. The zero-order chi connectivity index (χ0) is 22.8. The molecule has 1 saturated heterocycles. The molecule has 0 radical (unpaired) electrons. The zero-order valence-electron chi connectivity index (χ0n) is 19.1. The maximum atomic E-state index is 12.3. The topological polar surface area (TPSA) is 86.8 Å². The van der Waals surface area contributed by atoms with Gasteiger partial charge in [-0.3, -0.25) is 19.3 Å². The van der Waals surface area contributed by atoms with Gasteiger partial charge in [0.1, 0.15) is 6.54 Å². The molecule has 2 rings (SSSR count). The smallest absolute Gasteiger partial charge is 0.334 e. The van der Waals surface area contributed by atoms with Crippen molar-refractivity contribution in [3.05, 3.63) is 34.4 Å². The maximum Gasteiger partial charge on any atom is 0.334 e. The van der Waals surface area contributed by atoms with E-state index in [1.807, 2.05) is 13.8 Å². The Bertz CT molecular complexity index is 845. The Morgan fingerprint density at radius 2 is 1.53 bits per heavy atom. The van der Waals surface area contributed by atoms with Gasteiger partial charge in [0.15, 0.2) is 0 Å². The summed E-state index contributed by atoms with van der Waals surface area (Å²) in [7, 11) is 0. The lowest BCUT2D eigenvalue weighted by Crippen LogP contribution is -2.42. The molecule has 1 heterocycles. The quantitative estimate of drug-likeness (QED) is 0.548. The second kappa shape index (κ2) is 8.98. The molecule has 7 heteroatoms. The predicted octanol–water partition coefficient (Wildman–Crippen LogP) is 2.71. The number of imide groups is 2. The molecule has 1 aromatic rings. The average Bonchev–Trinajstić information content (AvgIpc) is 2.80. The van der Waals surface area contributed by atoms with Crippen molar-refractivity contribution in [3.8, 4) is 0 Å². The van der Waals surface area contributed by atoms with Crippen LogP contribution in [0.2, 0.25) is 0 Å². The van der Waals surface area contributed by atoms with E-state index >= 15 is 0 Å². The van der Waals surface area contributed by atoms with Crippen LogP contribution >= 0.6 is 0 Å². The fraction of sp³-hybridized carbons (Fsp3) is 0.565. The minimum absolute atomic E-state index is 0.0376. The lowest BCUT2D eigenvalue weighted by molar-refractivity contribution is -0.144. The molecule has 0 bridgehead atoms. The normalized spacial score (nSPS) is 14.9. The number of nitrogens with zero attached hydrogens (tertiary/aromatic N) is 2. The minimum atomic E-state index is -0.944. The van der Waals surface area contributed by atoms with Crippen LogP contribution < -0.4 is 5.32 Å². The van der Waals surface area contributed by atoms with Crippen molar-refractivity contribution < 1.29 is 19.2 Å². The van der Waals surface area contributed by atoms with E-state index in [2.05, 4.69) is 52.1 Å². The molecule has 0 aromatic heterocycles. The fourth-order valence-electron chi connectivity index (χ4n) is 3.56. The molecule has 1 fully saturated rings. The largest absolute Gasteiger partial charge is 0.354 e. The molecule has 164 valence electrons. The summed E-state index contributed by atoms with van der Waals surface area (Å²) in [6.07, 6.45) is 0.647. The molecular formula is C23H33N3O4. The zero-order valence-corrected chi connectivity index (χ0v) is 19.1. The number of carbonyl (C=O) groups excluding carboxylic acids is 4. The average molecular weight is 416 g/mol. The minimum Gasteiger partial charge on any atom is -0.354 e. The lowest BCUT2D eigenvalue weighted by Gasteiger charge is -2.22. The highest BCUT2D eigenvalue weighted by Gasteiger charge is 2.45. The second-order valence-electron chi connectivity index (χ2n) is 9.42. The number of hydrogen-bond donors (Lipinski definition) is 1. The first-order valence-electron chi connectivity index (χ1n) is 10.4. The molecule has 0 aliphatic carbocycles. The van der Waals surface area contributed by atoms with Crippen LogP contribution in [0.15, 0.2) is 12.1 Å². The number of urea groups is 1. The second-order valence-corrected chi connectivity index (χ2v) is 9.42. The molecule has 30 heavy (non-hydrogen) atoms. The van der Waals surface area contributed by atoms with E-state index < -0.39 is 30.3 Å². The Morgan fingerprint density at radius 3 is 2.03 bits per heavy atom. The van der Waals surface area contributed by atoms with Gasteiger partial charge in [0.2, 0.25) is 5.91 Å². The molecule has 0 atom stereocenters. The van der Waals surface area contributed by atoms with Gasteiger partial charge in [-0.2, -0.15) is 0 Å². The van der Waals surface area contributed by atoms with Crippen molar-refractivity contribution in [1.29, 1.82) is 0 Å². The van der Waals surface area contributed by atoms with Crippen LogP contribution in [0.4, 0.5) is 4.79 Å². The van der Waals surface area contributed by atoms with E-state index in [0.717, 1.165) is 4.90 Å². The van der Waals surface area contributed by atoms with Gasteiger partial charge in [0.25, 0.3) is 0 Å². The van der Waals surface area contributed by atoms with Crippen LogP contribution in [0, 0.1) is 19.8 Å². The van der Waals surface area contributed by atoms with Gasteiger partial charge in [-0.05, 0) is 53.9 Å². The predicted molar refractivity (Wildman–Crippen MR) is 115 cm³/mol. The summed E-state index contributed by atoms with van der Waals surface area (Å²) < 4.78 is 0. The van der Waals surface area contributed by atoms with Crippen LogP contribution in [-0.4, -0.2) is 53.2 Å². The highest BCUT2D eigenvalue weighted by atomic mass is 16.2. The fourth-order valence-corrected chi connectivity index (χ4v) is 3.56. The first-order chi connectivity index (χ1) is 13.8. The third-order valence-corrected chi connectivity index (χ3v) is 5.24. The van der Waals surface area contributed by atoms with Gasteiger partial charge in [-0.1, -0.05) is 46.8 Å². The van der Waals surface area contributed by atoms with Crippen LogP contribution in [0.1, 0.15) is 56.9 Å². The lowest BCUT2D eigenvalue weighted by atomic mass is 9.83. The van der Waals surface area contributed by atoms with E-state index in [1.165, 1.54) is 22.3 Å². The van der Waals surface area contributed by atoms with Crippen molar-refractivity contribution in [2.45, 2.75) is 60.3 Å². The van der Waals surface area contributed by atoms with Gasteiger partial charge in [-0.25, -0.2) is 9.69 Å². The van der Waals surface area contributed by atoms with Crippen molar-refractivity contribution in [2.24, 2.45) is 5.92 Å². The van der Waals surface area contributed by atoms with E-state index in [0.29, 0.717) is 17.9 Å². The highest BCUT2D eigenvalue weighted by Crippen LogP contribution is 2.27. The molecule has 1 N–H and O–H groups in total. The Balaban J connectivity index is 1.95.